The van der Waals surface area contributed by atoms with Gasteiger partial charge in [0.1, 0.15) is 17.1 Å². The van der Waals surface area contributed by atoms with Gasteiger partial charge in [-0.15, -0.1) is 0 Å². The van der Waals surface area contributed by atoms with Gasteiger partial charge in [0, 0.05) is 27.8 Å². The summed E-state index contributed by atoms with van der Waals surface area (Å²) in [5.41, 5.74) is 1.85. The number of carbonyl (C=O) groups is 4. The molecule has 1 saturated heterocycles. The molecular weight excluding hydrogens is 416 g/mol. The lowest BCUT2D eigenvalue weighted by Crippen LogP contribution is -2.51. The van der Waals surface area contributed by atoms with Crippen molar-refractivity contribution in [3.63, 3.8) is 0 Å². The number of nitrogens with one attached hydrogen (secondary N) is 2. The lowest BCUT2D eigenvalue weighted by Gasteiger charge is -2.17. The van der Waals surface area contributed by atoms with Crippen molar-refractivity contribution < 1.29 is 23.6 Å². The number of ketones is 2. The fourth-order valence-corrected chi connectivity index (χ4v) is 3.77. The summed E-state index contributed by atoms with van der Waals surface area (Å²) < 4.78 is 5.75. The van der Waals surface area contributed by atoms with E-state index in [4.69, 9.17) is 16.6 Å². The standard InChI is InChI=1S/C23H12N2O5S/c26-19-13-3-1-2-4-14(13)20(27)16-9-11(5-7-15(16)19)18-8-6-12(30-18)10-17-21(28)24-23(31)25-22(17)29/h1-10H,(H2,24,25,28,29,31). The molecule has 1 fully saturated rings. The summed E-state index contributed by atoms with van der Waals surface area (Å²) in [6.07, 6.45) is 1.30. The second kappa shape index (κ2) is 6.96. The molecular formula is C23H12N2O5S. The number of hydrogen-bond acceptors (Lipinski definition) is 6. The van der Waals surface area contributed by atoms with Crippen LogP contribution in [0.5, 0.6) is 0 Å². The minimum absolute atomic E-state index is 0.0536. The number of furan rings is 1. The van der Waals surface area contributed by atoms with Crippen molar-refractivity contribution in [3.8, 4) is 11.3 Å². The number of amides is 2. The highest BCUT2D eigenvalue weighted by molar-refractivity contribution is 7.80. The van der Waals surface area contributed by atoms with Crippen LogP contribution in [0.25, 0.3) is 17.4 Å². The fraction of sp³-hybridized carbons (Fsp3) is 0. The van der Waals surface area contributed by atoms with E-state index >= 15 is 0 Å². The number of benzene rings is 2. The molecule has 8 heteroatoms. The highest BCUT2D eigenvalue weighted by atomic mass is 32.1. The molecule has 3 aromatic rings. The molecule has 2 aliphatic rings. The molecule has 0 bridgehead atoms. The van der Waals surface area contributed by atoms with E-state index in [2.05, 4.69) is 10.6 Å². The molecule has 2 heterocycles. The second-order valence-corrected chi connectivity index (χ2v) is 7.37. The highest BCUT2D eigenvalue weighted by Gasteiger charge is 2.30. The lowest BCUT2D eigenvalue weighted by atomic mass is 9.83. The Balaban J connectivity index is 1.50. The number of carbonyl (C=O) groups excluding carboxylic acids is 4. The van der Waals surface area contributed by atoms with Gasteiger partial charge in [-0.3, -0.25) is 29.8 Å². The summed E-state index contributed by atoms with van der Waals surface area (Å²) in [7, 11) is 0. The van der Waals surface area contributed by atoms with E-state index in [-0.39, 0.29) is 28.0 Å². The maximum Gasteiger partial charge on any atom is 0.263 e. The topological polar surface area (TPSA) is 105 Å². The minimum atomic E-state index is -0.622. The van der Waals surface area contributed by atoms with Crippen LogP contribution in [0.4, 0.5) is 0 Å². The SMILES string of the molecule is O=C1NC(=S)NC(=O)C1=Cc1ccc(-c2ccc3c(c2)C(=O)c2ccccc2C3=O)o1. The monoisotopic (exact) mass is 428 g/mol. The summed E-state index contributed by atoms with van der Waals surface area (Å²) in [5.74, 6) is -0.984. The Morgan fingerprint density at radius 2 is 1.35 bits per heavy atom. The van der Waals surface area contributed by atoms with Crippen LogP contribution in [0, 0.1) is 0 Å². The molecule has 5 rings (SSSR count). The molecule has 0 radical (unpaired) electrons. The van der Waals surface area contributed by atoms with Crippen molar-refractivity contribution in [1.82, 2.24) is 10.6 Å². The molecule has 2 amide bonds. The van der Waals surface area contributed by atoms with E-state index in [1.165, 1.54) is 6.08 Å². The van der Waals surface area contributed by atoms with Crippen molar-refractivity contribution in [2.24, 2.45) is 0 Å². The Morgan fingerprint density at radius 3 is 2.03 bits per heavy atom. The Bertz CT molecular complexity index is 1360. The van der Waals surface area contributed by atoms with E-state index in [0.717, 1.165) is 0 Å². The average molecular weight is 428 g/mol. The van der Waals surface area contributed by atoms with Gasteiger partial charge in [0.2, 0.25) is 0 Å². The van der Waals surface area contributed by atoms with Gasteiger partial charge in [-0.2, -0.15) is 0 Å². The molecule has 2 aromatic carbocycles. The van der Waals surface area contributed by atoms with Crippen LogP contribution in [0.2, 0.25) is 0 Å². The quantitative estimate of drug-likeness (QED) is 0.289. The minimum Gasteiger partial charge on any atom is -0.457 e. The first-order valence-corrected chi connectivity index (χ1v) is 9.64. The zero-order valence-electron chi connectivity index (χ0n) is 15.7. The number of hydrogen-bond donors (Lipinski definition) is 2. The Labute approximate surface area is 180 Å². The first kappa shape index (κ1) is 18.8. The predicted octanol–water partition coefficient (Wildman–Crippen LogP) is 2.64. The van der Waals surface area contributed by atoms with Gasteiger partial charge in [-0.25, -0.2) is 0 Å². The van der Waals surface area contributed by atoms with E-state index in [0.29, 0.717) is 33.6 Å². The molecule has 1 aromatic heterocycles. The maximum absolute atomic E-state index is 12.9. The van der Waals surface area contributed by atoms with Crippen LogP contribution in [-0.4, -0.2) is 28.5 Å². The third kappa shape index (κ3) is 3.10. The zero-order chi connectivity index (χ0) is 21.7. The van der Waals surface area contributed by atoms with Crippen molar-refractivity contribution in [3.05, 3.63) is 88.2 Å². The van der Waals surface area contributed by atoms with Gasteiger partial charge < -0.3 is 4.42 Å². The van der Waals surface area contributed by atoms with Crippen LogP contribution >= 0.6 is 12.2 Å². The molecule has 0 atom stereocenters. The van der Waals surface area contributed by atoms with Gasteiger partial charge in [-0.05, 0) is 42.6 Å². The third-order valence-corrected chi connectivity index (χ3v) is 5.27. The summed E-state index contributed by atoms with van der Waals surface area (Å²) in [6, 6.07) is 14.9. The summed E-state index contributed by atoms with van der Waals surface area (Å²) >= 11 is 4.77. The van der Waals surface area contributed by atoms with Crippen LogP contribution in [0.15, 0.2) is 64.6 Å². The van der Waals surface area contributed by atoms with Gasteiger partial charge in [0.05, 0.1) is 0 Å². The fourth-order valence-electron chi connectivity index (χ4n) is 3.59. The highest BCUT2D eigenvalue weighted by Crippen LogP contribution is 2.31. The normalized spacial score (nSPS) is 15.2. The molecule has 0 spiro atoms. The van der Waals surface area contributed by atoms with Crippen molar-refractivity contribution >= 4 is 46.8 Å². The number of fused-ring (bicyclic) bond motifs is 2. The van der Waals surface area contributed by atoms with E-state index in [9.17, 15) is 19.2 Å². The smallest absolute Gasteiger partial charge is 0.263 e. The number of rotatable bonds is 2. The van der Waals surface area contributed by atoms with Crippen LogP contribution in [-0.2, 0) is 9.59 Å². The van der Waals surface area contributed by atoms with E-state index in [1.54, 1.807) is 54.6 Å². The predicted molar refractivity (Wildman–Crippen MR) is 114 cm³/mol. The van der Waals surface area contributed by atoms with Crippen molar-refractivity contribution in [2.75, 3.05) is 0 Å². The summed E-state index contributed by atoms with van der Waals surface area (Å²) in [4.78, 5) is 49.6. The molecule has 2 N–H and O–H groups in total. The van der Waals surface area contributed by atoms with Gasteiger partial charge >= 0.3 is 0 Å². The largest absolute Gasteiger partial charge is 0.457 e. The molecule has 0 unspecified atom stereocenters. The molecule has 0 saturated carbocycles. The van der Waals surface area contributed by atoms with E-state index in [1.807, 2.05) is 0 Å². The molecule has 150 valence electrons. The van der Waals surface area contributed by atoms with Crippen LogP contribution < -0.4 is 10.6 Å². The van der Waals surface area contributed by atoms with Crippen LogP contribution in [0.1, 0.15) is 37.6 Å². The number of thiocarbonyl (C=S) groups is 1. The first-order valence-electron chi connectivity index (χ1n) is 9.23. The second-order valence-electron chi connectivity index (χ2n) is 6.96. The van der Waals surface area contributed by atoms with E-state index < -0.39 is 11.8 Å². The maximum atomic E-state index is 12.9. The first-order chi connectivity index (χ1) is 14.9. The van der Waals surface area contributed by atoms with Crippen molar-refractivity contribution in [2.45, 2.75) is 0 Å². The van der Waals surface area contributed by atoms with Crippen LogP contribution in [0.3, 0.4) is 0 Å². The average Bonchev–Trinajstić information content (AvgIpc) is 3.23. The van der Waals surface area contributed by atoms with Gasteiger partial charge in [-0.1, -0.05) is 30.3 Å². The molecule has 31 heavy (non-hydrogen) atoms. The summed E-state index contributed by atoms with van der Waals surface area (Å²) in [5, 5.41) is 4.65. The lowest BCUT2D eigenvalue weighted by molar-refractivity contribution is -0.123. The third-order valence-electron chi connectivity index (χ3n) is 5.07. The van der Waals surface area contributed by atoms with Gasteiger partial charge in [0.15, 0.2) is 16.7 Å². The Hall–Kier alpha value is -4.17. The van der Waals surface area contributed by atoms with Gasteiger partial charge in [0.25, 0.3) is 11.8 Å². The summed E-state index contributed by atoms with van der Waals surface area (Å²) in [6.45, 7) is 0. The Kier molecular flexibility index (Phi) is 4.23. The zero-order valence-corrected chi connectivity index (χ0v) is 16.5. The molecule has 1 aliphatic carbocycles. The van der Waals surface area contributed by atoms with Crippen molar-refractivity contribution in [1.29, 1.82) is 0 Å². The Morgan fingerprint density at radius 1 is 0.742 bits per heavy atom. The molecule has 7 nitrogen and oxygen atoms in total. The molecule has 1 aliphatic heterocycles.